The van der Waals surface area contributed by atoms with Crippen LogP contribution in [0.4, 0.5) is 22.9 Å². The van der Waals surface area contributed by atoms with Crippen molar-refractivity contribution in [1.82, 2.24) is 45.8 Å². The molecule has 1 fully saturated rings. The van der Waals surface area contributed by atoms with E-state index in [9.17, 15) is 28.8 Å². The van der Waals surface area contributed by atoms with Gasteiger partial charge in [0.1, 0.15) is 12.4 Å². The molecule has 2 aliphatic rings. The molecule has 0 saturated carbocycles. The van der Waals surface area contributed by atoms with E-state index in [1.54, 1.807) is 48.4 Å². The van der Waals surface area contributed by atoms with Crippen molar-refractivity contribution in [3.05, 3.63) is 65.6 Å². The van der Waals surface area contributed by atoms with E-state index >= 15 is 0 Å². The zero-order valence-corrected chi connectivity index (χ0v) is 31.1. The third-order valence-corrected chi connectivity index (χ3v) is 9.17. The maximum Gasteiger partial charge on any atom is 0.273 e. The number of hydrogen-bond donors (Lipinski definition) is 6. The SMILES string of the molecule is CNC(=O)c1nnc(NC(=O)CNCCCCCCNc2ccc3c(c2)C(=O)N(C2CCC(=O)NC2=O)C3=O)cc1Nc1cccc(-c2ncn(C)n2)c1OC. The summed E-state index contributed by atoms with van der Waals surface area (Å²) >= 11 is 0. The lowest BCUT2D eigenvalue weighted by Gasteiger charge is -2.27. The predicted octanol–water partition coefficient (Wildman–Crippen LogP) is 1.99. The predicted molar refractivity (Wildman–Crippen MR) is 203 cm³/mol. The number of rotatable bonds is 17. The van der Waals surface area contributed by atoms with Gasteiger partial charge in [-0.3, -0.25) is 43.7 Å². The second-order valence-electron chi connectivity index (χ2n) is 13.1. The highest BCUT2D eigenvalue weighted by molar-refractivity contribution is 6.23. The number of para-hydroxylation sites is 1. The van der Waals surface area contributed by atoms with Crippen molar-refractivity contribution in [3.8, 4) is 17.1 Å². The molecule has 1 saturated heterocycles. The summed E-state index contributed by atoms with van der Waals surface area (Å²) in [6.45, 7) is 1.29. The molecule has 19 nitrogen and oxygen atoms in total. The summed E-state index contributed by atoms with van der Waals surface area (Å²) in [6.07, 6.45) is 5.27. The Hall–Kier alpha value is -6.76. The fourth-order valence-corrected chi connectivity index (χ4v) is 6.40. The number of benzene rings is 2. The minimum atomic E-state index is -1.00. The van der Waals surface area contributed by atoms with Gasteiger partial charge in [0.05, 0.1) is 41.7 Å². The first kappa shape index (κ1) is 38.9. The number of aryl methyl sites for hydroxylation is 1. The molecule has 1 unspecified atom stereocenters. The number of imide groups is 2. The molecule has 0 radical (unpaired) electrons. The summed E-state index contributed by atoms with van der Waals surface area (Å²) < 4.78 is 7.26. The largest absolute Gasteiger partial charge is 0.494 e. The summed E-state index contributed by atoms with van der Waals surface area (Å²) in [5.41, 5.74) is 2.60. The van der Waals surface area contributed by atoms with E-state index < -0.39 is 35.6 Å². The van der Waals surface area contributed by atoms with Gasteiger partial charge in [0.25, 0.3) is 17.7 Å². The fourth-order valence-electron chi connectivity index (χ4n) is 6.40. The Bertz CT molecular complexity index is 2170. The number of carbonyl (C=O) groups excluding carboxylic acids is 6. The molecule has 0 spiro atoms. The van der Waals surface area contributed by atoms with Gasteiger partial charge >= 0.3 is 0 Å². The Labute approximate surface area is 321 Å². The monoisotopic (exact) mass is 766 g/mol. The van der Waals surface area contributed by atoms with Crippen LogP contribution in [-0.4, -0.2) is 105 Å². The highest BCUT2D eigenvalue weighted by atomic mass is 16.5. The Kier molecular flexibility index (Phi) is 12.2. The van der Waals surface area contributed by atoms with Crippen molar-refractivity contribution in [3.63, 3.8) is 0 Å². The summed E-state index contributed by atoms with van der Waals surface area (Å²) in [5.74, 6) is -1.91. The number of piperidine rings is 1. The van der Waals surface area contributed by atoms with Crippen molar-refractivity contribution in [2.45, 2.75) is 44.6 Å². The van der Waals surface area contributed by atoms with Crippen LogP contribution >= 0.6 is 0 Å². The van der Waals surface area contributed by atoms with Crippen LogP contribution in [0.3, 0.4) is 0 Å². The van der Waals surface area contributed by atoms with Gasteiger partial charge in [-0.2, -0.15) is 5.10 Å². The van der Waals surface area contributed by atoms with Crippen LogP contribution in [0.2, 0.25) is 0 Å². The van der Waals surface area contributed by atoms with Crippen LogP contribution < -0.4 is 36.6 Å². The van der Waals surface area contributed by atoms with Crippen molar-refractivity contribution >= 4 is 58.3 Å². The van der Waals surface area contributed by atoms with Crippen molar-refractivity contribution < 1.29 is 33.5 Å². The van der Waals surface area contributed by atoms with Crippen molar-refractivity contribution in [2.75, 3.05) is 49.7 Å². The molecule has 0 aliphatic carbocycles. The average molecular weight is 767 g/mol. The zero-order valence-electron chi connectivity index (χ0n) is 31.1. The molecule has 2 aromatic carbocycles. The number of nitrogens with zero attached hydrogens (tertiary/aromatic N) is 6. The van der Waals surface area contributed by atoms with Gasteiger partial charge in [-0.25, -0.2) is 4.98 Å². The van der Waals surface area contributed by atoms with E-state index in [1.807, 2.05) is 6.07 Å². The normalized spacial score (nSPS) is 15.0. The van der Waals surface area contributed by atoms with E-state index in [-0.39, 0.29) is 53.6 Å². The number of nitrogens with one attached hydrogen (secondary N) is 6. The van der Waals surface area contributed by atoms with Gasteiger partial charge in [-0.1, -0.05) is 18.9 Å². The van der Waals surface area contributed by atoms with E-state index in [2.05, 4.69) is 52.2 Å². The molecule has 6 N–H and O–H groups in total. The molecule has 0 bridgehead atoms. The highest BCUT2D eigenvalue weighted by Gasteiger charge is 2.44. The number of aromatic nitrogens is 5. The number of carbonyl (C=O) groups is 6. The molecule has 2 aliphatic heterocycles. The minimum absolute atomic E-state index is 0.0134. The van der Waals surface area contributed by atoms with Gasteiger partial charge in [-0.15, -0.1) is 10.2 Å². The lowest BCUT2D eigenvalue weighted by Crippen LogP contribution is -2.54. The molecule has 19 heteroatoms. The standard InChI is InChI=1S/C37H42N12O7/c1-38-35(53)31-26(42-25-10-8-9-23(32(25)56-3)33-41-20-48(2)47-33)18-28(45-46-31)43-30(51)19-39-15-6-4-5-7-16-40-21-11-12-22-24(17-21)37(55)49(36(22)54)27-13-14-29(50)44-34(27)52/h8-12,17-18,20,27,39-40H,4-7,13-16,19H2,1-3H3,(H,38,53)(H,44,50,52)(H2,42,43,45,51). The zero-order chi connectivity index (χ0) is 39.8. The van der Waals surface area contributed by atoms with Gasteiger partial charge in [0.2, 0.25) is 17.7 Å². The first-order valence-electron chi connectivity index (χ1n) is 18.1. The Morgan fingerprint density at radius 1 is 0.929 bits per heavy atom. The molecule has 56 heavy (non-hydrogen) atoms. The number of fused-ring (bicyclic) bond motifs is 1. The second kappa shape index (κ2) is 17.6. The first-order chi connectivity index (χ1) is 27.1. The summed E-state index contributed by atoms with van der Waals surface area (Å²) in [4.78, 5) is 80.4. The number of ether oxygens (including phenoxy) is 1. The number of anilines is 4. The number of amides is 6. The molecule has 292 valence electrons. The maximum atomic E-state index is 13.1. The van der Waals surface area contributed by atoms with E-state index in [0.717, 1.165) is 30.6 Å². The minimum Gasteiger partial charge on any atom is -0.494 e. The number of hydrogen-bond acceptors (Lipinski definition) is 14. The van der Waals surface area contributed by atoms with Crippen LogP contribution in [0.25, 0.3) is 11.4 Å². The third kappa shape index (κ3) is 8.78. The molecule has 6 rings (SSSR count). The third-order valence-electron chi connectivity index (χ3n) is 9.17. The molecule has 2 aromatic heterocycles. The molecule has 1 atom stereocenters. The first-order valence-corrected chi connectivity index (χ1v) is 18.1. The van der Waals surface area contributed by atoms with Crippen LogP contribution in [0, 0.1) is 0 Å². The highest BCUT2D eigenvalue weighted by Crippen LogP contribution is 2.37. The Balaban J connectivity index is 0.927. The smallest absolute Gasteiger partial charge is 0.273 e. The lowest BCUT2D eigenvalue weighted by atomic mass is 10.0. The second-order valence-corrected chi connectivity index (χ2v) is 13.1. The molecular formula is C37H42N12O7. The maximum absolute atomic E-state index is 13.1. The number of methoxy groups -OCH3 is 1. The topological polar surface area (TPSA) is 244 Å². The van der Waals surface area contributed by atoms with E-state index in [0.29, 0.717) is 41.6 Å². The van der Waals surface area contributed by atoms with Gasteiger partial charge in [-0.05, 0) is 56.1 Å². The van der Waals surface area contributed by atoms with Gasteiger partial charge in [0.15, 0.2) is 23.1 Å². The Morgan fingerprint density at radius 2 is 1.71 bits per heavy atom. The fraction of sp³-hybridized carbons (Fsp3) is 0.351. The summed E-state index contributed by atoms with van der Waals surface area (Å²) in [6, 6.07) is 10.8. The average Bonchev–Trinajstić information content (AvgIpc) is 3.73. The Morgan fingerprint density at radius 3 is 2.45 bits per heavy atom. The van der Waals surface area contributed by atoms with Crippen molar-refractivity contribution in [1.29, 1.82) is 0 Å². The summed E-state index contributed by atoms with van der Waals surface area (Å²) in [7, 11) is 4.76. The molecule has 4 heterocycles. The van der Waals surface area contributed by atoms with Gasteiger partial charge < -0.3 is 31.3 Å². The number of unbranched alkanes of at least 4 members (excludes halogenated alkanes) is 3. The van der Waals surface area contributed by atoms with Crippen molar-refractivity contribution in [2.24, 2.45) is 7.05 Å². The van der Waals surface area contributed by atoms with Gasteiger partial charge in [0, 0.05) is 38.8 Å². The lowest BCUT2D eigenvalue weighted by molar-refractivity contribution is -0.136. The van der Waals surface area contributed by atoms with E-state index in [1.165, 1.54) is 20.2 Å². The van der Waals surface area contributed by atoms with Crippen LogP contribution in [-0.2, 0) is 21.4 Å². The van der Waals surface area contributed by atoms with E-state index in [4.69, 9.17) is 4.74 Å². The molecule has 4 aromatic rings. The molecular weight excluding hydrogens is 724 g/mol. The molecule has 6 amide bonds. The van der Waals surface area contributed by atoms with Crippen LogP contribution in [0.5, 0.6) is 5.75 Å². The van der Waals surface area contributed by atoms with Crippen LogP contribution in [0.1, 0.15) is 69.7 Å². The summed E-state index contributed by atoms with van der Waals surface area (Å²) in [5, 5.41) is 29.5. The quantitative estimate of drug-likeness (QED) is 0.0665. The van der Waals surface area contributed by atoms with Crippen LogP contribution in [0.15, 0.2) is 48.8 Å².